The molecule has 2 N–H and O–H groups in total. The van der Waals surface area contributed by atoms with Crippen LogP contribution in [0.2, 0.25) is 0 Å². The monoisotopic (exact) mass is 286 g/mol. The Balaban J connectivity index is 2.35. The van der Waals surface area contributed by atoms with Crippen LogP contribution in [0.3, 0.4) is 0 Å². The van der Waals surface area contributed by atoms with Gasteiger partial charge in [0.05, 0.1) is 25.5 Å². The zero-order chi connectivity index (χ0) is 15.4. The normalized spacial score (nSPS) is 10.0. The number of para-hydroxylation sites is 1. The minimum atomic E-state index is -0.209. The summed E-state index contributed by atoms with van der Waals surface area (Å²) in [4.78, 5) is 14.1. The minimum absolute atomic E-state index is 0.209. The van der Waals surface area contributed by atoms with Gasteiger partial charge in [-0.3, -0.25) is 4.79 Å². The summed E-state index contributed by atoms with van der Waals surface area (Å²) in [7, 11) is 4.79. The summed E-state index contributed by atoms with van der Waals surface area (Å²) < 4.78 is 10.3. The van der Waals surface area contributed by atoms with E-state index in [1.807, 2.05) is 18.2 Å². The molecule has 0 aliphatic rings. The fourth-order valence-corrected chi connectivity index (χ4v) is 2.03. The maximum absolute atomic E-state index is 12.6. The van der Waals surface area contributed by atoms with Crippen LogP contribution in [0.5, 0.6) is 11.5 Å². The number of benzene rings is 2. The minimum Gasteiger partial charge on any atom is -0.497 e. The summed E-state index contributed by atoms with van der Waals surface area (Å²) in [5.74, 6) is 0.963. The highest BCUT2D eigenvalue weighted by atomic mass is 16.5. The van der Waals surface area contributed by atoms with E-state index >= 15 is 0 Å². The van der Waals surface area contributed by atoms with Gasteiger partial charge < -0.3 is 20.1 Å². The van der Waals surface area contributed by atoms with Crippen LogP contribution < -0.4 is 20.1 Å². The highest BCUT2D eigenvalue weighted by molar-refractivity contribution is 6.09. The van der Waals surface area contributed by atoms with Crippen molar-refractivity contribution >= 4 is 17.3 Å². The third-order valence-electron chi connectivity index (χ3n) is 3.26. The topological polar surface area (TPSA) is 64.8 Å². The first kappa shape index (κ1) is 14.7. The second-order valence-electron chi connectivity index (χ2n) is 4.49. The number of rotatable bonds is 4. The van der Waals surface area contributed by atoms with Crippen LogP contribution in [-0.2, 0) is 0 Å². The number of hydrogen-bond donors (Lipinski definition) is 1. The number of nitrogens with zero attached hydrogens (tertiary/aromatic N) is 1. The number of hydrogen-bond acceptors (Lipinski definition) is 4. The third kappa shape index (κ3) is 2.91. The van der Waals surface area contributed by atoms with Crippen molar-refractivity contribution in [1.82, 2.24) is 0 Å². The van der Waals surface area contributed by atoms with Crippen LogP contribution in [0.25, 0.3) is 0 Å². The van der Waals surface area contributed by atoms with Crippen LogP contribution in [-0.4, -0.2) is 27.2 Å². The number of nitrogens with two attached hydrogens (primary N) is 1. The van der Waals surface area contributed by atoms with E-state index in [0.717, 1.165) is 5.69 Å². The predicted octanol–water partition coefficient (Wildman–Crippen LogP) is 2.56. The van der Waals surface area contributed by atoms with Crippen molar-refractivity contribution < 1.29 is 14.3 Å². The van der Waals surface area contributed by atoms with Gasteiger partial charge in [-0.1, -0.05) is 12.1 Å². The predicted molar refractivity (Wildman–Crippen MR) is 83.1 cm³/mol. The number of carbonyl (C=O) groups excluding carboxylic acids is 1. The quantitative estimate of drug-likeness (QED) is 0.877. The first-order valence-electron chi connectivity index (χ1n) is 6.43. The molecule has 0 fully saturated rings. The molecule has 5 nitrogen and oxygen atoms in total. The largest absolute Gasteiger partial charge is 0.497 e. The summed E-state index contributed by atoms with van der Waals surface area (Å²) in [6.45, 7) is 0. The molecule has 110 valence electrons. The molecule has 0 aliphatic heterocycles. The van der Waals surface area contributed by atoms with Gasteiger partial charge in [-0.25, -0.2) is 0 Å². The van der Waals surface area contributed by atoms with E-state index < -0.39 is 0 Å². The Hall–Kier alpha value is -2.69. The Morgan fingerprint density at radius 1 is 1.10 bits per heavy atom. The highest BCUT2D eigenvalue weighted by Crippen LogP contribution is 2.28. The Bertz CT molecular complexity index is 656. The van der Waals surface area contributed by atoms with Gasteiger partial charge in [-0.05, 0) is 24.3 Å². The SMILES string of the molecule is COc1cccc(N(C)C(=O)c2cccc(OC)c2N)c1. The number of ether oxygens (including phenoxy) is 2. The standard InChI is InChI=1S/C16H18N2O3/c1-18(11-6-4-7-12(10-11)20-2)16(19)13-8-5-9-14(21-3)15(13)17/h4-10H,17H2,1-3H3. The van der Waals surface area contributed by atoms with E-state index in [9.17, 15) is 4.79 Å². The summed E-state index contributed by atoms with van der Waals surface area (Å²) in [6, 6.07) is 12.4. The van der Waals surface area contributed by atoms with E-state index in [1.165, 1.54) is 12.0 Å². The maximum Gasteiger partial charge on any atom is 0.260 e. The molecule has 0 aromatic heterocycles. The van der Waals surface area contributed by atoms with Gasteiger partial charge in [0.25, 0.3) is 5.91 Å². The van der Waals surface area contributed by atoms with Gasteiger partial charge >= 0.3 is 0 Å². The second kappa shape index (κ2) is 6.17. The lowest BCUT2D eigenvalue weighted by Crippen LogP contribution is -2.27. The Morgan fingerprint density at radius 3 is 2.48 bits per heavy atom. The van der Waals surface area contributed by atoms with Gasteiger partial charge in [0.2, 0.25) is 0 Å². The van der Waals surface area contributed by atoms with Gasteiger partial charge in [-0.2, -0.15) is 0 Å². The fourth-order valence-electron chi connectivity index (χ4n) is 2.03. The molecule has 0 heterocycles. The number of nitrogen functional groups attached to an aromatic ring is 1. The molecule has 0 unspecified atom stereocenters. The lowest BCUT2D eigenvalue weighted by atomic mass is 10.1. The number of amides is 1. The molecular weight excluding hydrogens is 268 g/mol. The molecular formula is C16H18N2O3. The zero-order valence-corrected chi connectivity index (χ0v) is 12.3. The van der Waals surface area contributed by atoms with E-state index in [0.29, 0.717) is 22.7 Å². The summed E-state index contributed by atoms with van der Waals surface area (Å²) >= 11 is 0. The van der Waals surface area contributed by atoms with E-state index in [4.69, 9.17) is 15.2 Å². The van der Waals surface area contributed by atoms with E-state index in [1.54, 1.807) is 38.4 Å². The fraction of sp³-hybridized carbons (Fsp3) is 0.188. The van der Waals surface area contributed by atoms with Crippen LogP contribution in [0.4, 0.5) is 11.4 Å². The molecule has 0 radical (unpaired) electrons. The molecule has 21 heavy (non-hydrogen) atoms. The number of carbonyl (C=O) groups is 1. The van der Waals surface area contributed by atoms with Gasteiger partial charge in [-0.15, -0.1) is 0 Å². The van der Waals surface area contributed by atoms with Crippen molar-refractivity contribution in [3.05, 3.63) is 48.0 Å². The molecule has 2 aromatic carbocycles. The first-order valence-corrected chi connectivity index (χ1v) is 6.43. The average Bonchev–Trinajstić information content (AvgIpc) is 2.53. The number of anilines is 2. The van der Waals surface area contributed by atoms with Crippen LogP contribution >= 0.6 is 0 Å². The van der Waals surface area contributed by atoms with Crippen LogP contribution in [0.15, 0.2) is 42.5 Å². The highest BCUT2D eigenvalue weighted by Gasteiger charge is 2.18. The average molecular weight is 286 g/mol. The summed E-state index contributed by atoms with van der Waals surface area (Å²) in [5, 5.41) is 0. The van der Waals surface area contributed by atoms with Crippen molar-refractivity contribution in [2.24, 2.45) is 0 Å². The lowest BCUT2D eigenvalue weighted by Gasteiger charge is -2.19. The van der Waals surface area contributed by atoms with Gasteiger partial charge in [0.1, 0.15) is 11.5 Å². The van der Waals surface area contributed by atoms with Gasteiger partial charge in [0.15, 0.2) is 0 Å². The van der Waals surface area contributed by atoms with Crippen LogP contribution in [0.1, 0.15) is 10.4 Å². The van der Waals surface area contributed by atoms with Crippen molar-refractivity contribution in [2.75, 3.05) is 31.9 Å². The maximum atomic E-state index is 12.6. The van der Waals surface area contributed by atoms with Crippen molar-refractivity contribution in [3.8, 4) is 11.5 Å². The zero-order valence-electron chi connectivity index (χ0n) is 12.3. The molecule has 0 aliphatic carbocycles. The molecule has 0 saturated heterocycles. The van der Waals surface area contributed by atoms with Crippen molar-refractivity contribution in [3.63, 3.8) is 0 Å². The van der Waals surface area contributed by atoms with Crippen molar-refractivity contribution in [2.45, 2.75) is 0 Å². The molecule has 2 rings (SSSR count). The van der Waals surface area contributed by atoms with E-state index in [2.05, 4.69) is 0 Å². The summed E-state index contributed by atoms with van der Waals surface area (Å²) in [5.41, 5.74) is 7.43. The molecule has 0 saturated carbocycles. The Kier molecular flexibility index (Phi) is 4.33. The molecule has 0 spiro atoms. The van der Waals surface area contributed by atoms with E-state index in [-0.39, 0.29) is 5.91 Å². The Labute approximate surface area is 123 Å². The smallest absolute Gasteiger partial charge is 0.260 e. The Morgan fingerprint density at radius 2 is 1.81 bits per heavy atom. The molecule has 5 heteroatoms. The molecule has 0 atom stereocenters. The summed E-state index contributed by atoms with van der Waals surface area (Å²) in [6.07, 6.45) is 0. The lowest BCUT2D eigenvalue weighted by molar-refractivity contribution is 0.0993. The second-order valence-corrected chi connectivity index (χ2v) is 4.49. The van der Waals surface area contributed by atoms with Crippen molar-refractivity contribution in [1.29, 1.82) is 0 Å². The molecule has 0 bridgehead atoms. The third-order valence-corrected chi connectivity index (χ3v) is 3.26. The first-order chi connectivity index (χ1) is 10.1. The number of methoxy groups -OCH3 is 2. The van der Waals surface area contributed by atoms with Gasteiger partial charge in [0, 0.05) is 18.8 Å². The van der Waals surface area contributed by atoms with Crippen LogP contribution in [0, 0.1) is 0 Å². The molecule has 2 aromatic rings. The molecule has 1 amide bonds.